The van der Waals surface area contributed by atoms with E-state index in [4.69, 9.17) is 0 Å². The lowest BCUT2D eigenvalue weighted by atomic mass is 9.81. The van der Waals surface area contributed by atoms with Gasteiger partial charge >= 0.3 is 0 Å². The zero-order chi connectivity index (χ0) is 43.2. The highest BCUT2D eigenvalue weighted by molar-refractivity contribution is 6.10. The molecule has 2 heteroatoms. The minimum absolute atomic E-state index is 0.0731. The van der Waals surface area contributed by atoms with Gasteiger partial charge in [0.2, 0.25) is 0 Å². The van der Waals surface area contributed by atoms with Gasteiger partial charge in [0, 0.05) is 45.0 Å². The molecule has 0 radical (unpaired) electrons. The third-order valence-corrected chi connectivity index (χ3v) is 14.2. The van der Waals surface area contributed by atoms with Crippen LogP contribution in [0.25, 0.3) is 54.9 Å². The second kappa shape index (κ2) is 14.4. The number of fused-ring (bicyclic) bond motifs is 9. The maximum absolute atomic E-state index is 2.46. The van der Waals surface area contributed by atoms with Crippen molar-refractivity contribution >= 4 is 55.7 Å². The van der Waals surface area contributed by atoms with Crippen molar-refractivity contribution in [3.8, 4) is 33.4 Å². The van der Waals surface area contributed by atoms with Crippen molar-refractivity contribution in [3.63, 3.8) is 0 Å². The second-order valence-corrected chi connectivity index (χ2v) is 18.6. The molecule has 0 heterocycles. The Morgan fingerprint density at radius 2 is 0.766 bits per heavy atom. The molecule has 2 nitrogen and oxygen atoms in total. The third kappa shape index (κ3) is 5.93. The Balaban J connectivity index is 0.998. The van der Waals surface area contributed by atoms with Crippen LogP contribution in [-0.4, -0.2) is 0 Å². The molecular weight excluding hydrogens is 773 g/mol. The number of nitrogens with zero attached hydrogens (tertiary/aromatic N) is 2. The Labute approximate surface area is 376 Å². The number of para-hydroxylation sites is 1. The zero-order valence-corrected chi connectivity index (χ0v) is 36.7. The SMILES string of the molecule is CC1(C)c2ccccc2-c2cc(N(c3ccc(-c4ccccc4)cc3)c3cccc(N(c4ccccc4)c4ccc5c(c4)C(C)(C)c4cc6c(ccc7ccccc76)cc4-5)c3)ccc21. The quantitative estimate of drug-likeness (QED) is 0.148. The number of rotatable bonds is 7. The van der Waals surface area contributed by atoms with Gasteiger partial charge in [-0.05, 0) is 156 Å². The second-order valence-electron chi connectivity index (χ2n) is 18.6. The number of anilines is 6. The molecule has 0 amide bonds. The molecule has 0 spiro atoms. The van der Waals surface area contributed by atoms with Gasteiger partial charge in [0.1, 0.15) is 0 Å². The van der Waals surface area contributed by atoms with Crippen molar-refractivity contribution in [1.82, 2.24) is 0 Å². The predicted molar refractivity (Wildman–Crippen MR) is 271 cm³/mol. The van der Waals surface area contributed by atoms with Crippen LogP contribution in [0.3, 0.4) is 0 Å². The lowest BCUT2D eigenvalue weighted by Crippen LogP contribution is -2.17. The average molecular weight is 821 g/mol. The van der Waals surface area contributed by atoms with E-state index in [9.17, 15) is 0 Å². The van der Waals surface area contributed by atoms with Crippen molar-refractivity contribution in [2.75, 3.05) is 9.80 Å². The molecule has 0 aliphatic heterocycles. The average Bonchev–Trinajstić information content (AvgIpc) is 3.70. The number of hydrogen-bond acceptors (Lipinski definition) is 2. The van der Waals surface area contributed by atoms with Crippen LogP contribution >= 0.6 is 0 Å². The molecule has 0 N–H and O–H groups in total. The van der Waals surface area contributed by atoms with E-state index in [1.807, 2.05) is 0 Å². The Morgan fingerprint density at radius 3 is 1.55 bits per heavy atom. The minimum Gasteiger partial charge on any atom is -0.310 e. The van der Waals surface area contributed by atoms with Crippen LogP contribution in [0.4, 0.5) is 34.1 Å². The summed E-state index contributed by atoms with van der Waals surface area (Å²) in [6.07, 6.45) is 0. The van der Waals surface area contributed by atoms with Crippen LogP contribution in [-0.2, 0) is 10.8 Å². The van der Waals surface area contributed by atoms with Gasteiger partial charge in [-0.3, -0.25) is 0 Å². The molecule has 10 aromatic carbocycles. The van der Waals surface area contributed by atoms with E-state index < -0.39 is 0 Å². The normalized spacial score (nSPS) is 13.9. The van der Waals surface area contributed by atoms with Gasteiger partial charge in [0.25, 0.3) is 0 Å². The zero-order valence-electron chi connectivity index (χ0n) is 36.7. The molecule has 10 aromatic rings. The molecule has 2 aliphatic carbocycles. The van der Waals surface area contributed by atoms with Gasteiger partial charge in [-0.15, -0.1) is 0 Å². The van der Waals surface area contributed by atoms with Gasteiger partial charge in [0.15, 0.2) is 0 Å². The van der Waals surface area contributed by atoms with Crippen molar-refractivity contribution in [3.05, 3.63) is 241 Å². The first kappa shape index (κ1) is 38.0. The first-order valence-electron chi connectivity index (χ1n) is 22.5. The van der Waals surface area contributed by atoms with E-state index in [-0.39, 0.29) is 10.8 Å². The number of benzene rings is 10. The molecule has 0 bridgehead atoms. The van der Waals surface area contributed by atoms with Gasteiger partial charge < -0.3 is 9.80 Å². The van der Waals surface area contributed by atoms with Gasteiger partial charge in [-0.25, -0.2) is 0 Å². The number of hydrogen-bond donors (Lipinski definition) is 0. The summed E-state index contributed by atoms with van der Waals surface area (Å²) in [5.74, 6) is 0. The van der Waals surface area contributed by atoms with Crippen LogP contribution in [0.2, 0.25) is 0 Å². The Hall–Kier alpha value is -7.68. The smallest absolute Gasteiger partial charge is 0.0482 e. The topological polar surface area (TPSA) is 6.48 Å². The standard InChI is InChI=1S/C62H48N2/c1-61(2)57-25-14-13-24-52(57)56-38-49(33-35-58(56)61)64(46-30-28-42(29-31-46)41-16-7-5-8-17-41)48-22-15-21-47(37-48)63(45-19-9-6-10-20-45)50-32-34-53-55-36-44-27-26-43-18-11-12-23-51(43)54(44)40-60(55)62(3,4)59(53)39-50/h5-40H,1-4H3. The van der Waals surface area contributed by atoms with E-state index in [0.717, 1.165) is 34.1 Å². The van der Waals surface area contributed by atoms with E-state index in [1.165, 1.54) is 77.2 Å². The first-order valence-corrected chi connectivity index (χ1v) is 22.5. The summed E-state index contributed by atoms with van der Waals surface area (Å²) in [5, 5.41) is 5.18. The lowest BCUT2D eigenvalue weighted by molar-refractivity contribution is 0.660. The van der Waals surface area contributed by atoms with E-state index in [2.05, 4.69) is 256 Å². The summed E-state index contributed by atoms with van der Waals surface area (Å²) in [7, 11) is 0. The van der Waals surface area contributed by atoms with Crippen molar-refractivity contribution in [1.29, 1.82) is 0 Å². The monoisotopic (exact) mass is 820 g/mol. The summed E-state index contributed by atoms with van der Waals surface area (Å²) in [5.41, 5.74) is 19.5. The van der Waals surface area contributed by atoms with E-state index in [0.29, 0.717) is 0 Å². The molecular formula is C62H48N2. The third-order valence-electron chi connectivity index (χ3n) is 14.2. The molecule has 64 heavy (non-hydrogen) atoms. The van der Waals surface area contributed by atoms with Crippen molar-refractivity contribution < 1.29 is 0 Å². The molecule has 0 atom stereocenters. The first-order chi connectivity index (χ1) is 31.2. The molecule has 0 unspecified atom stereocenters. The fourth-order valence-electron chi connectivity index (χ4n) is 10.9. The van der Waals surface area contributed by atoms with Crippen LogP contribution in [0, 0.1) is 0 Å². The molecule has 306 valence electrons. The summed E-state index contributed by atoms with van der Waals surface area (Å²) in [6, 6.07) is 80.8. The Bertz CT molecular complexity index is 3430. The van der Waals surface area contributed by atoms with Crippen LogP contribution in [0.1, 0.15) is 49.9 Å². The van der Waals surface area contributed by atoms with E-state index >= 15 is 0 Å². The van der Waals surface area contributed by atoms with Gasteiger partial charge in [-0.1, -0.05) is 167 Å². The van der Waals surface area contributed by atoms with Gasteiger partial charge in [0.05, 0.1) is 0 Å². The van der Waals surface area contributed by atoms with Gasteiger partial charge in [-0.2, -0.15) is 0 Å². The Kier molecular flexibility index (Phi) is 8.58. The lowest BCUT2D eigenvalue weighted by Gasteiger charge is -2.31. The highest BCUT2D eigenvalue weighted by Gasteiger charge is 2.37. The molecule has 0 aromatic heterocycles. The van der Waals surface area contributed by atoms with Crippen LogP contribution < -0.4 is 9.80 Å². The maximum Gasteiger partial charge on any atom is 0.0482 e. The highest BCUT2D eigenvalue weighted by Crippen LogP contribution is 2.54. The summed E-state index contributed by atoms with van der Waals surface area (Å²) >= 11 is 0. The summed E-state index contributed by atoms with van der Waals surface area (Å²) < 4.78 is 0. The molecule has 2 aliphatic rings. The molecule has 12 rings (SSSR count). The fourth-order valence-corrected chi connectivity index (χ4v) is 10.9. The van der Waals surface area contributed by atoms with Crippen LogP contribution in [0.15, 0.2) is 218 Å². The maximum atomic E-state index is 2.46. The van der Waals surface area contributed by atoms with Crippen molar-refractivity contribution in [2.24, 2.45) is 0 Å². The van der Waals surface area contributed by atoms with Crippen molar-refractivity contribution in [2.45, 2.75) is 38.5 Å². The van der Waals surface area contributed by atoms with Crippen LogP contribution in [0.5, 0.6) is 0 Å². The summed E-state index contributed by atoms with van der Waals surface area (Å²) in [4.78, 5) is 4.84. The van der Waals surface area contributed by atoms with E-state index in [1.54, 1.807) is 0 Å². The molecule has 0 saturated heterocycles. The minimum atomic E-state index is -0.195. The largest absolute Gasteiger partial charge is 0.310 e. The molecule has 0 saturated carbocycles. The predicted octanol–water partition coefficient (Wildman–Crippen LogP) is 17.2. The molecule has 0 fully saturated rings. The summed E-state index contributed by atoms with van der Waals surface area (Å²) in [6.45, 7) is 9.48. The highest BCUT2D eigenvalue weighted by atomic mass is 15.2. The fraction of sp³-hybridized carbons (Fsp3) is 0.0968. The Morgan fingerprint density at radius 1 is 0.266 bits per heavy atom.